The molecule has 0 amide bonds. The van der Waals surface area contributed by atoms with Gasteiger partial charge in [0.05, 0.1) is 12.3 Å². The second-order valence-electron chi connectivity index (χ2n) is 4.36. The average molecular weight is 255 g/mol. The molecule has 2 unspecified atom stereocenters. The van der Waals surface area contributed by atoms with Crippen molar-refractivity contribution in [3.63, 3.8) is 0 Å². The van der Waals surface area contributed by atoms with Gasteiger partial charge in [0.2, 0.25) is 0 Å². The number of hydrogen-bond acceptors (Lipinski definition) is 4. The van der Waals surface area contributed by atoms with Gasteiger partial charge in [-0.1, -0.05) is 12.1 Å². The summed E-state index contributed by atoms with van der Waals surface area (Å²) in [4.78, 5) is 1.86. The van der Waals surface area contributed by atoms with Gasteiger partial charge in [-0.15, -0.1) is 0 Å². The summed E-state index contributed by atoms with van der Waals surface area (Å²) in [6, 6.07) is 4.72. The van der Waals surface area contributed by atoms with Crippen LogP contribution in [0.1, 0.15) is 5.56 Å². The van der Waals surface area contributed by atoms with Gasteiger partial charge in [-0.25, -0.2) is 4.39 Å². The van der Waals surface area contributed by atoms with Gasteiger partial charge in [0, 0.05) is 32.9 Å². The minimum atomic E-state index is -0.326. The van der Waals surface area contributed by atoms with Crippen molar-refractivity contribution in [2.75, 3.05) is 32.2 Å². The van der Waals surface area contributed by atoms with Crippen molar-refractivity contribution in [2.45, 2.75) is 18.8 Å². The van der Waals surface area contributed by atoms with E-state index in [1.54, 1.807) is 26.4 Å². The fraction of sp³-hybridized carbons (Fsp3) is 0.538. The third kappa shape index (κ3) is 2.34. The molecule has 1 heterocycles. The standard InChI is InChI=1S/C13H18FNO3/c1-17-11-6-15(7-12(11)18-2)13-9(8-16)4-3-5-10(13)14/h3-5,11-12,16H,6-8H2,1-2H3. The first-order valence-electron chi connectivity index (χ1n) is 5.90. The maximum absolute atomic E-state index is 13.9. The molecule has 5 heteroatoms. The number of nitrogens with zero attached hydrogens (tertiary/aromatic N) is 1. The fourth-order valence-corrected chi connectivity index (χ4v) is 2.42. The molecule has 1 N–H and O–H groups in total. The van der Waals surface area contributed by atoms with Gasteiger partial charge in [0.25, 0.3) is 0 Å². The van der Waals surface area contributed by atoms with Gasteiger partial charge in [-0.3, -0.25) is 0 Å². The van der Waals surface area contributed by atoms with Crippen molar-refractivity contribution in [3.8, 4) is 0 Å². The monoisotopic (exact) mass is 255 g/mol. The maximum Gasteiger partial charge on any atom is 0.146 e. The first kappa shape index (κ1) is 13.3. The van der Waals surface area contributed by atoms with Crippen LogP contribution in [0.2, 0.25) is 0 Å². The molecule has 18 heavy (non-hydrogen) atoms. The Labute approximate surface area is 106 Å². The number of aliphatic hydroxyl groups excluding tert-OH is 1. The lowest BCUT2D eigenvalue weighted by Gasteiger charge is -2.21. The van der Waals surface area contributed by atoms with Gasteiger partial charge in [0.15, 0.2) is 0 Å². The Morgan fingerprint density at radius 2 is 1.89 bits per heavy atom. The van der Waals surface area contributed by atoms with E-state index in [0.717, 1.165) is 0 Å². The van der Waals surface area contributed by atoms with Gasteiger partial charge >= 0.3 is 0 Å². The van der Waals surface area contributed by atoms with Crippen LogP contribution in [0.5, 0.6) is 0 Å². The minimum Gasteiger partial charge on any atom is -0.392 e. The molecule has 2 atom stereocenters. The van der Waals surface area contributed by atoms with Crippen molar-refractivity contribution in [3.05, 3.63) is 29.6 Å². The van der Waals surface area contributed by atoms with Crippen LogP contribution in [-0.2, 0) is 16.1 Å². The predicted molar refractivity (Wildman–Crippen MR) is 66.1 cm³/mol. The molecule has 0 saturated carbocycles. The Hall–Kier alpha value is -1.17. The van der Waals surface area contributed by atoms with Gasteiger partial charge in [0.1, 0.15) is 18.0 Å². The molecule has 1 aromatic rings. The zero-order valence-electron chi connectivity index (χ0n) is 10.6. The van der Waals surface area contributed by atoms with Crippen LogP contribution in [0.3, 0.4) is 0 Å². The first-order valence-corrected chi connectivity index (χ1v) is 5.90. The second-order valence-corrected chi connectivity index (χ2v) is 4.36. The third-order valence-corrected chi connectivity index (χ3v) is 3.38. The first-order chi connectivity index (χ1) is 8.71. The van der Waals surface area contributed by atoms with Crippen molar-refractivity contribution >= 4 is 5.69 Å². The van der Waals surface area contributed by atoms with Gasteiger partial charge < -0.3 is 19.5 Å². The molecule has 0 aromatic heterocycles. The lowest BCUT2D eigenvalue weighted by molar-refractivity contribution is -0.00461. The third-order valence-electron chi connectivity index (χ3n) is 3.38. The SMILES string of the molecule is COC1CN(c2c(F)cccc2CO)CC1OC. The Balaban J connectivity index is 2.28. The topological polar surface area (TPSA) is 41.9 Å². The summed E-state index contributed by atoms with van der Waals surface area (Å²) >= 11 is 0. The molecule has 1 aliphatic heterocycles. The number of hydrogen-bond donors (Lipinski definition) is 1. The van der Waals surface area contributed by atoms with E-state index in [1.807, 2.05) is 4.90 Å². The number of benzene rings is 1. The van der Waals surface area contributed by atoms with Crippen LogP contribution in [0.25, 0.3) is 0 Å². The number of aliphatic hydroxyl groups is 1. The molecule has 0 aliphatic carbocycles. The van der Waals surface area contributed by atoms with E-state index < -0.39 is 0 Å². The Bertz CT molecular complexity index is 401. The van der Waals surface area contributed by atoms with E-state index >= 15 is 0 Å². The maximum atomic E-state index is 13.9. The van der Waals surface area contributed by atoms with Gasteiger partial charge in [-0.05, 0) is 6.07 Å². The quantitative estimate of drug-likeness (QED) is 0.877. The van der Waals surface area contributed by atoms with Crippen molar-refractivity contribution in [1.29, 1.82) is 0 Å². The van der Waals surface area contributed by atoms with Crippen molar-refractivity contribution < 1.29 is 19.0 Å². The molecule has 1 fully saturated rings. The smallest absolute Gasteiger partial charge is 0.146 e. The van der Waals surface area contributed by atoms with E-state index in [2.05, 4.69) is 0 Å². The van der Waals surface area contributed by atoms with E-state index in [1.165, 1.54) is 6.07 Å². The van der Waals surface area contributed by atoms with Crippen LogP contribution in [0.4, 0.5) is 10.1 Å². The molecule has 0 spiro atoms. The van der Waals surface area contributed by atoms with Crippen LogP contribution >= 0.6 is 0 Å². The normalized spacial score (nSPS) is 23.7. The van der Waals surface area contributed by atoms with Crippen LogP contribution in [0.15, 0.2) is 18.2 Å². The zero-order valence-corrected chi connectivity index (χ0v) is 10.6. The summed E-state index contributed by atoms with van der Waals surface area (Å²) in [7, 11) is 3.24. The number of anilines is 1. The number of ether oxygens (including phenoxy) is 2. The molecule has 1 aromatic carbocycles. The average Bonchev–Trinajstić information content (AvgIpc) is 2.81. The van der Waals surface area contributed by atoms with Crippen LogP contribution < -0.4 is 4.90 Å². The lowest BCUT2D eigenvalue weighted by atomic mass is 10.1. The van der Waals surface area contributed by atoms with E-state index in [-0.39, 0.29) is 24.6 Å². The summed E-state index contributed by atoms with van der Waals surface area (Å²) in [6.45, 7) is 0.935. The highest BCUT2D eigenvalue weighted by Gasteiger charge is 2.34. The largest absolute Gasteiger partial charge is 0.392 e. The Morgan fingerprint density at radius 3 is 2.39 bits per heavy atom. The summed E-state index contributed by atoms with van der Waals surface area (Å²) in [6.07, 6.45) is -0.165. The van der Waals surface area contributed by atoms with Crippen molar-refractivity contribution in [1.82, 2.24) is 0 Å². The van der Waals surface area contributed by atoms with E-state index in [4.69, 9.17) is 9.47 Å². The molecule has 4 nitrogen and oxygen atoms in total. The summed E-state index contributed by atoms with van der Waals surface area (Å²) < 4.78 is 24.6. The van der Waals surface area contributed by atoms with Crippen LogP contribution in [0, 0.1) is 5.82 Å². The Morgan fingerprint density at radius 1 is 1.28 bits per heavy atom. The lowest BCUT2D eigenvalue weighted by Crippen LogP contribution is -2.27. The highest BCUT2D eigenvalue weighted by Crippen LogP contribution is 2.29. The van der Waals surface area contributed by atoms with E-state index in [0.29, 0.717) is 24.3 Å². The molecule has 100 valence electrons. The molecule has 1 saturated heterocycles. The predicted octanol–water partition coefficient (Wildman–Crippen LogP) is 1.17. The summed E-state index contributed by atoms with van der Waals surface area (Å²) in [5, 5.41) is 9.29. The van der Waals surface area contributed by atoms with Gasteiger partial charge in [-0.2, -0.15) is 0 Å². The molecular weight excluding hydrogens is 237 g/mol. The summed E-state index contributed by atoms with van der Waals surface area (Å²) in [5.41, 5.74) is 1.03. The number of halogens is 1. The highest BCUT2D eigenvalue weighted by atomic mass is 19.1. The molecule has 0 bridgehead atoms. The molecule has 2 rings (SSSR count). The molecule has 0 radical (unpaired) electrons. The van der Waals surface area contributed by atoms with E-state index in [9.17, 15) is 9.50 Å². The van der Waals surface area contributed by atoms with Crippen molar-refractivity contribution in [2.24, 2.45) is 0 Å². The Kier molecular flexibility index (Phi) is 4.16. The molecular formula is C13H18FNO3. The zero-order chi connectivity index (χ0) is 13.1. The number of para-hydroxylation sites is 1. The number of rotatable bonds is 4. The highest BCUT2D eigenvalue weighted by molar-refractivity contribution is 5.56. The molecule has 1 aliphatic rings. The van der Waals surface area contributed by atoms with Crippen LogP contribution in [-0.4, -0.2) is 44.6 Å². The second kappa shape index (κ2) is 5.65. The number of methoxy groups -OCH3 is 2. The summed E-state index contributed by atoms with van der Waals surface area (Å²) in [5.74, 6) is -0.326. The minimum absolute atomic E-state index is 0.0823. The fourth-order valence-electron chi connectivity index (χ4n) is 2.42.